The molecule has 0 unspecified atom stereocenters. The molecule has 0 atom stereocenters. The number of nitrogens with one attached hydrogen (secondary N) is 1. The zero-order valence-electron chi connectivity index (χ0n) is 11.8. The fraction of sp³-hybridized carbons (Fsp3) is 0.250. The monoisotopic (exact) mass is 266 g/mol. The predicted octanol–water partition coefficient (Wildman–Crippen LogP) is 2.70. The Bertz CT molecular complexity index is 730. The van der Waals surface area contributed by atoms with E-state index >= 15 is 0 Å². The molecule has 0 spiro atoms. The second-order valence-corrected chi connectivity index (χ2v) is 4.75. The van der Waals surface area contributed by atoms with E-state index in [4.69, 9.17) is 4.98 Å². The minimum Gasteiger partial charge on any atom is -0.316 e. The third-order valence-corrected chi connectivity index (χ3v) is 3.44. The van der Waals surface area contributed by atoms with Crippen molar-refractivity contribution in [2.24, 2.45) is 0 Å². The molecule has 1 N–H and O–H groups in total. The highest BCUT2D eigenvalue weighted by Gasteiger charge is 2.09. The molecule has 20 heavy (non-hydrogen) atoms. The van der Waals surface area contributed by atoms with Crippen LogP contribution in [-0.2, 0) is 13.0 Å². The molecule has 0 aliphatic heterocycles. The zero-order valence-corrected chi connectivity index (χ0v) is 11.8. The van der Waals surface area contributed by atoms with Crippen molar-refractivity contribution in [2.45, 2.75) is 19.9 Å². The van der Waals surface area contributed by atoms with Gasteiger partial charge in [-0.1, -0.05) is 25.1 Å². The summed E-state index contributed by atoms with van der Waals surface area (Å²) in [6, 6.07) is 10.4. The Morgan fingerprint density at radius 2 is 2.10 bits per heavy atom. The van der Waals surface area contributed by atoms with E-state index in [1.165, 1.54) is 10.9 Å². The number of hydrogen-bond acceptors (Lipinski definition) is 3. The van der Waals surface area contributed by atoms with E-state index in [9.17, 15) is 0 Å². The minimum absolute atomic E-state index is 0.826. The number of rotatable bonds is 4. The Hall–Kier alpha value is -2.20. The molecule has 1 aromatic carbocycles. The molecule has 3 rings (SSSR count). The molecule has 4 heteroatoms. The van der Waals surface area contributed by atoms with E-state index in [1.807, 2.05) is 25.5 Å². The first-order chi connectivity index (χ1) is 9.83. The van der Waals surface area contributed by atoms with Crippen LogP contribution >= 0.6 is 0 Å². The lowest BCUT2D eigenvalue weighted by Gasteiger charge is -2.11. The van der Waals surface area contributed by atoms with Crippen LogP contribution in [0.25, 0.3) is 16.7 Å². The van der Waals surface area contributed by atoms with Gasteiger partial charge in [-0.3, -0.25) is 4.57 Å². The Labute approximate surface area is 118 Å². The number of benzene rings is 1. The van der Waals surface area contributed by atoms with E-state index in [1.54, 1.807) is 0 Å². The van der Waals surface area contributed by atoms with Crippen molar-refractivity contribution in [3.05, 3.63) is 54.1 Å². The molecule has 4 nitrogen and oxygen atoms in total. The first-order valence-corrected chi connectivity index (χ1v) is 6.89. The van der Waals surface area contributed by atoms with Crippen LogP contribution in [0.1, 0.15) is 18.3 Å². The third kappa shape index (κ3) is 2.18. The number of para-hydroxylation sites is 1. The lowest BCUT2D eigenvalue weighted by Crippen LogP contribution is -2.08. The summed E-state index contributed by atoms with van der Waals surface area (Å²) >= 11 is 0. The van der Waals surface area contributed by atoms with E-state index in [2.05, 4.69) is 46.1 Å². The molecule has 2 aromatic heterocycles. The van der Waals surface area contributed by atoms with E-state index in [0.29, 0.717) is 0 Å². The standard InChI is InChI=1S/C16H18N4/c1-3-15-18-8-9-20(15)16-10-12(11-17-2)13-6-4-5-7-14(13)19-16/h4-10,17H,3,11H2,1-2H3. The maximum atomic E-state index is 4.76. The molecule has 0 amide bonds. The van der Waals surface area contributed by atoms with Gasteiger partial charge in [-0.2, -0.15) is 0 Å². The molecular formula is C16H18N4. The summed E-state index contributed by atoms with van der Waals surface area (Å²) in [6.07, 6.45) is 4.69. The second kappa shape index (κ2) is 5.43. The number of nitrogens with zero attached hydrogens (tertiary/aromatic N) is 3. The topological polar surface area (TPSA) is 42.7 Å². The maximum Gasteiger partial charge on any atom is 0.139 e. The molecule has 0 aliphatic rings. The van der Waals surface area contributed by atoms with Crippen molar-refractivity contribution in [2.75, 3.05) is 7.05 Å². The normalized spacial score (nSPS) is 11.1. The zero-order chi connectivity index (χ0) is 13.9. The number of hydrogen-bond donors (Lipinski definition) is 1. The van der Waals surface area contributed by atoms with Crippen molar-refractivity contribution < 1.29 is 0 Å². The lowest BCUT2D eigenvalue weighted by atomic mass is 10.1. The maximum absolute atomic E-state index is 4.76. The van der Waals surface area contributed by atoms with Gasteiger partial charge in [0.05, 0.1) is 5.52 Å². The molecule has 0 saturated heterocycles. The van der Waals surface area contributed by atoms with E-state index in [0.717, 1.165) is 30.1 Å². The van der Waals surface area contributed by atoms with Crippen molar-refractivity contribution >= 4 is 10.9 Å². The average molecular weight is 266 g/mol. The summed E-state index contributed by atoms with van der Waals surface area (Å²) in [6.45, 7) is 2.93. The highest BCUT2D eigenvalue weighted by molar-refractivity contribution is 5.83. The second-order valence-electron chi connectivity index (χ2n) is 4.75. The number of pyridine rings is 1. The summed E-state index contributed by atoms with van der Waals surface area (Å²) in [5.74, 6) is 1.96. The van der Waals surface area contributed by atoms with Crippen LogP contribution in [-0.4, -0.2) is 21.6 Å². The van der Waals surface area contributed by atoms with Gasteiger partial charge in [0.25, 0.3) is 0 Å². The fourth-order valence-corrected chi connectivity index (χ4v) is 2.50. The van der Waals surface area contributed by atoms with Crippen LogP contribution in [0.2, 0.25) is 0 Å². The quantitative estimate of drug-likeness (QED) is 0.789. The van der Waals surface area contributed by atoms with E-state index < -0.39 is 0 Å². The predicted molar refractivity (Wildman–Crippen MR) is 81.0 cm³/mol. The number of imidazole rings is 1. The van der Waals surface area contributed by atoms with Crippen molar-refractivity contribution in [3.8, 4) is 5.82 Å². The van der Waals surface area contributed by atoms with Crippen LogP contribution in [0.15, 0.2) is 42.7 Å². The molecule has 0 saturated carbocycles. The third-order valence-electron chi connectivity index (χ3n) is 3.44. The van der Waals surface area contributed by atoms with Crippen LogP contribution in [0.3, 0.4) is 0 Å². The molecule has 0 fully saturated rings. The van der Waals surface area contributed by atoms with Crippen molar-refractivity contribution in [1.82, 2.24) is 19.9 Å². The minimum atomic E-state index is 0.826. The van der Waals surface area contributed by atoms with E-state index in [-0.39, 0.29) is 0 Å². The number of aromatic nitrogens is 3. The van der Waals surface area contributed by atoms with Crippen LogP contribution in [0.5, 0.6) is 0 Å². The van der Waals surface area contributed by atoms with Gasteiger partial charge in [0.1, 0.15) is 11.6 Å². The molecule has 0 bridgehead atoms. The Balaban J connectivity index is 2.21. The summed E-state index contributed by atoms with van der Waals surface area (Å²) in [7, 11) is 1.96. The Morgan fingerprint density at radius 1 is 1.25 bits per heavy atom. The van der Waals surface area contributed by atoms with Crippen LogP contribution < -0.4 is 5.32 Å². The van der Waals surface area contributed by atoms with Gasteiger partial charge in [-0.05, 0) is 24.7 Å². The fourth-order valence-electron chi connectivity index (χ4n) is 2.50. The summed E-state index contributed by atoms with van der Waals surface area (Å²) in [5.41, 5.74) is 2.27. The van der Waals surface area contributed by atoms with Gasteiger partial charge in [-0.15, -0.1) is 0 Å². The number of aryl methyl sites for hydroxylation is 1. The van der Waals surface area contributed by atoms with Gasteiger partial charge in [0, 0.05) is 30.7 Å². The van der Waals surface area contributed by atoms with Crippen molar-refractivity contribution in [3.63, 3.8) is 0 Å². The van der Waals surface area contributed by atoms with Gasteiger partial charge in [-0.25, -0.2) is 9.97 Å². The van der Waals surface area contributed by atoms with Gasteiger partial charge >= 0.3 is 0 Å². The molecule has 102 valence electrons. The first-order valence-electron chi connectivity index (χ1n) is 6.89. The summed E-state index contributed by atoms with van der Waals surface area (Å²) in [4.78, 5) is 9.14. The largest absolute Gasteiger partial charge is 0.316 e. The molecule has 2 heterocycles. The van der Waals surface area contributed by atoms with Crippen LogP contribution in [0.4, 0.5) is 0 Å². The Morgan fingerprint density at radius 3 is 2.90 bits per heavy atom. The van der Waals surface area contributed by atoms with Gasteiger partial charge < -0.3 is 5.32 Å². The first kappa shape index (κ1) is 12.8. The summed E-state index contributed by atoms with van der Waals surface area (Å²) < 4.78 is 2.06. The number of fused-ring (bicyclic) bond motifs is 1. The molecule has 3 aromatic rings. The van der Waals surface area contributed by atoms with Gasteiger partial charge in [0.2, 0.25) is 0 Å². The highest BCUT2D eigenvalue weighted by Crippen LogP contribution is 2.21. The van der Waals surface area contributed by atoms with Gasteiger partial charge in [0.15, 0.2) is 0 Å². The molecule has 0 aliphatic carbocycles. The SMILES string of the molecule is CCc1nccn1-c1cc(CNC)c2ccccc2n1. The molecular weight excluding hydrogens is 248 g/mol. The lowest BCUT2D eigenvalue weighted by molar-refractivity contribution is 0.815. The smallest absolute Gasteiger partial charge is 0.139 e. The average Bonchev–Trinajstić information content (AvgIpc) is 2.96. The molecule has 0 radical (unpaired) electrons. The summed E-state index contributed by atoms with van der Waals surface area (Å²) in [5, 5.41) is 4.42. The van der Waals surface area contributed by atoms with Crippen molar-refractivity contribution in [1.29, 1.82) is 0 Å². The highest BCUT2D eigenvalue weighted by atomic mass is 15.1. The Kier molecular flexibility index (Phi) is 3.48. The van der Waals surface area contributed by atoms with Crippen LogP contribution in [0, 0.1) is 0 Å².